The quantitative estimate of drug-likeness (QED) is 0.494. The number of nitro groups is 1. The number of nitrogens with zero attached hydrogens (tertiary/aromatic N) is 1. The summed E-state index contributed by atoms with van der Waals surface area (Å²) < 4.78 is 21.1. The van der Waals surface area contributed by atoms with Crippen LogP contribution in [0.3, 0.4) is 0 Å². The zero-order chi connectivity index (χ0) is 13.1. The summed E-state index contributed by atoms with van der Waals surface area (Å²) in [5.41, 5.74) is 0.105. The second-order valence-corrected chi connectivity index (χ2v) is 5.43. The van der Waals surface area contributed by atoms with Crippen LogP contribution in [0.1, 0.15) is 11.4 Å². The van der Waals surface area contributed by atoms with Crippen LogP contribution in [0.4, 0.5) is 5.69 Å². The fourth-order valence-corrected chi connectivity index (χ4v) is 2.31. The van der Waals surface area contributed by atoms with Crippen molar-refractivity contribution in [2.24, 2.45) is 0 Å². The van der Waals surface area contributed by atoms with Gasteiger partial charge in [0, 0.05) is 26.4 Å². The zero-order valence-electron chi connectivity index (χ0n) is 9.27. The number of hydrogen-bond donors (Lipinski definition) is 1. The molecule has 0 heterocycles. The van der Waals surface area contributed by atoms with Crippen LogP contribution < -0.4 is 0 Å². The Kier molecular flexibility index (Phi) is 4.36. The maximum absolute atomic E-state index is 11.8. The summed E-state index contributed by atoms with van der Waals surface area (Å²) in [7, 11) is -1.34. The minimum Gasteiger partial charge on any atom is -0.376 e. The van der Waals surface area contributed by atoms with Gasteiger partial charge >= 0.3 is 7.60 Å². The third-order valence-corrected chi connectivity index (χ3v) is 4.13. The average molecular weight is 261 g/mol. The molecule has 0 aliphatic heterocycles. The molecule has 94 valence electrons. The lowest BCUT2D eigenvalue weighted by atomic mass is 10.2. The van der Waals surface area contributed by atoms with Gasteiger partial charge in [-0.05, 0) is 17.7 Å². The van der Waals surface area contributed by atoms with Gasteiger partial charge in [0.15, 0.2) is 5.85 Å². The summed E-state index contributed by atoms with van der Waals surface area (Å²) in [5.74, 6) is -1.47. The first-order chi connectivity index (χ1) is 7.94. The average Bonchev–Trinajstić information content (AvgIpc) is 2.37. The Hall–Kier alpha value is -1.27. The van der Waals surface area contributed by atoms with Crippen molar-refractivity contribution in [3.63, 3.8) is 0 Å². The fraction of sp³-hybridized carbons (Fsp3) is 0.333. The molecule has 0 fully saturated rings. The molecule has 0 bridgehead atoms. The molecule has 0 amide bonds. The van der Waals surface area contributed by atoms with Gasteiger partial charge in [0.05, 0.1) is 4.92 Å². The van der Waals surface area contributed by atoms with Crippen LogP contribution in [-0.2, 0) is 13.6 Å². The maximum Gasteiger partial charge on any atom is 0.362 e. The molecule has 1 aromatic rings. The van der Waals surface area contributed by atoms with E-state index >= 15 is 0 Å². The van der Waals surface area contributed by atoms with Crippen molar-refractivity contribution < 1.29 is 23.6 Å². The second-order valence-electron chi connectivity index (χ2n) is 3.13. The molecular weight excluding hydrogens is 249 g/mol. The highest BCUT2D eigenvalue weighted by atomic mass is 31.2. The minimum absolute atomic E-state index is 0.120. The Morgan fingerprint density at radius 2 is 1.76 bits per heavy atom. The van der Waals surface area contributed by atoms with E-state index in [0.29, 0.717) is 0 Å². The molecule has 1 N–H and O–H groups in total. The monoisotopic (exact) mass is 261 g/mol. The van der Waals surface area contributed by atoms with Crippen molar-refractivity contribution in [2.45, 2.75) is 5.85 Å². The van der Waals surface area contributed by atoms with Gasteiger partial charge in [-0.3, -0.25) is 14.7 Å². The standard InChI is InChI=1S/C9H12NO6P/c1-15-17(14,16-2)9(11)7-3-5-8(6-4-7)10(12)13/h3-6,9,11H,1-2H3. The Balaban J connectivity index is 3.01. The van der Waals surface area contributed by atoms with Crippen LogP contribution in [-0.4, -0.2) is 24.2 Å². The van der Waals surface area contributed by atoms with E-state index in [2.05, 4.69) is 9.05 Å². The topological polar surface area (TPSA) is 98.9 Å². The Labute approximate surface area is 97.7 Å². The van der Waals surface area contributed by atoms with E-state index in [1.165, 1.54) is 24.3 Å². The van der Waals surface area contributed by atoms with E-state index in [9.17, 15) is 19.8 Å². The van der Waals surface area contributed by atoms with Crippen LogP contribution in [0.25, 0.3) is 0 Å². The first-order valence-electron chi connectivity index (χ1n) is 4.58. The van der Waals surface area contributed by atoms with Crippen molar-refractivity contribution in [1.82, 2.24) is 0 Å². The number of rotatable bonds is 5. The van der Waals surface area contributed by atoms with Gasteiger partial charge in [0.25, 0.3) is 5.69 Å². The van der Waals surface area contributed by atoms with Gasteiger partial charge in [-0.25, -0.2) is 0 Å². The summed E-state index contributed by atoms with van der Waals surface area (Å²) in [4.78, 5) is 9.86. The summed E-state index contributed by atoms with van der Waals surface area (Å²) in [6.07, 6.45) is 0. The van der Waals surface area contributed by atoms with Crippen molar-refractivity contribution in [3.8, 4) is 0 Å². The van der Waals surface area contributed by atoms with Crippen LogP contribution in [0, 0.1) is 10.1 Å². The highest BCUT2D eigenvalue weighted by Gasteiger charge is 2.33. The molecule has 0 spiro atoms. The molecule has 0 radical (unpaired) electrons. The van der Waals surface area contributed by atoms with Crippen LogP contribution in [0.15, 0.2) is 24.3 Å². The lowest BCUT2D eigenvalue weighted by molar-refractivity contribution is -0.384. The molecule has 1 unspecified atom stereocenters. The Morgan fingerprint density at radius 1 is 1.29 bits per heavy atom. The van der Waals surface area contributed by atoms with Gasteiger partial charge in [-0.1, -0.05) is 0 Å². The van der Waals surface area contributed by atoms with Crippen molar-refractivity contribution in [3.05, 3.63) is 39.9 Å². The molecule has 0 saturated heterocycles. The molecule has 1 aromatic carbocycles. The van der Waals surface area contributed by atoms with Gasteiger partial charge < -0.3 is 14.2 Å². The van der Waals surface area contributed by atoms with Crippen LogP contribution in [0.2, 0.25) is 0 Å². The van der Waals surface area contributed by atoms with Crippen molar-refractivity contribution in [1.29, 1.82) is 0 Å². The van der Waals surface area contributed by atoms with Gasteiger partial charge in [-0.15, -0.1) is 0 Å². The molecule has 0 aromatic heterocycles. The van der Waals surface area contributed by atoms with E-state index in [0.717, 1.165) is 14.2 Å². The summed E-state index contributed by atoms with van der Waals surface area (Å²) in [5, 5.41) is 20.2. The molecule has 7 nitrogen and oxygen atoms in total. The van der Waals surface area contributed by atoms with E-state index < -0.39 is 18.4 Å². The van der Waals surface area contributed by atoms with Gasteiger partial charge in [0.2, 0.25) is 0 Å². The lowest BCUT2D eigenvalue weighted by Crippen LogP contribution is -2.02. The van der Waals surface area contributed by atoms with E-state index in [1.807, 2.05) is 0 Å². The highest BCUT2D eigenvalue weighted by molar-refractivity contribution is 7.53. The normalized spacial score (nSPS) is 13.4. The van der Waals surface area contributed by atoms with Gasteiger partial charge in [0.1, 0.15) is 0 Å². The number of non-ortho nitro benzene ring substituents is 1. The molecule has 17 heavy (non-hydrogen) atoms. The van der Waals surface area contributed by atoms with Crippen LogP contribution >= 0.6 is 7.60 Å². The largest absolute Gasteiger partial charge is 0.376 e. The van der Waals surface area contributed by atoms with E-state index in [1.54, 1.807) is 0 Å². The molecular formula is C9H12NO6P. The predicted octanol–water partition coefficient (Wildman–Crippen LogP) is 2.07. The smallest absolute Gasteiger partial charge is 0.362 e. The van der Waals surface area contributed by atoms with Crippen LogP contribution in [0.5, 0.6) is 0 Å². The third-order valence-electron chi connectivity index (χ3n) is 2.21. The van der Waals surface area contributed by atoms with Crippen molar-refractivity contribution in [2.75, 3.05) is 14.2 Å². The predicted molar refractivity (Wildman–Crippen MR) is 59.7 cm³/mol. The summed E-state index contributed by atoms with van der Waals surface area (Å²) in [6.45, 7) is 0. The number of aliphatic hydroxyl groups excluding tert-OH is 1. The fourth-order valence-electron chi connectivity index (χ4n) is 1.22. The molecule has 1 atom stereocenters. The molecule has 1 rings (SSSR count). The molecule has 0 aliphatic carbocycles. The summed E-state index contributed by atoms with van der Waals surface area (Å²) in [6, 6.07) is 5.00. The van der Waals surface area contributed by atoms with E-state index in [4.69, 9.17) is 0 Å². The first kappa shape index (κ1) is 13.8. The third kappa shape index (κ3) is 2.89. The summed E-state index contributed by atoms with van der Waals surface area (Å²) >= 11 is 0. The van der Waals surface area contributed by atoms with Crippen molar-refractivity contribution >= 4 is 13.3 Å². The van der Waals surface area contributed by atoms with E-state index in [-0.39, 0.29) is 11.3 Å². The second kappa shape index (κ2) is 5.37. The maximum atomic E-state index is 11.8. The number of aliphatic hydroxyl groups is 1. The Morgan fingerprint density at radius 3 is 2.12 bits per heavy atom. The number of hydrogen-bond acceptors (Lipinski definition) is 6. The highest BCUT2D eigenvalue weighted by Crippen LogP contribution is 2.58. The number of nitro benzene ring substituents is 1. The molecule has 0 saturated carbocycles. The minimum atomic E-state index is -3.65. The Bertz CT molecular complexity index is 437. The SMILES string of the molecule is COP(=O)(OC)C(O)c1ccc([N+](=O)[O-])cc1. The first-order valence-corrected chi connectivity index (χ1v) is 6.19. The molecule has 8 heteroatoms. The molecule has 0 aliphatic rings. The number of benzene rings is 1. The lowest BCUT2D eigenvalue weighted by Gasteiger charge is -2.19. The zero-order valence-corrected chi connectivity index (χ0v) is 10.2. The van der Waals surface area contributed by atoms with Gasteiger partial charge in [-0.2, -0.15) is 0 Å².